The van der Waals surface area contributed by atoms with Crippen molar-refractivity contribution in [3.8, 4) is 12.3 Å². The molecule has 0 unspecified atom stereocenters. The molecule has 0 bridgehead atoms. The van der Waals surface area contributed by atoms with Crippen LogP contribution in [0.3, 0.4) is 0 Å². The number of aromatic nitrogens is 1. The molecule has 3 nitrogen and oxygen atoms in total. The van der Waals surface area contributed by atoms with E-state index in [-0.39, 0.29) is 0 Å². The maximum atomic E-state index is 5.33. The molecule has 1 N–H and O–H groups in total. The Morgan fingerprint density at radius 2 is 2.31 bits per heavy atom. The van der Waals surface area contributed by atoms with Crippen LogP contribution in [0.5, 0.6) is 0 Å². The normalized spacial score (nSPS) is 9.88. The summed E-state index contributed by atoms with van der Waals surface area (Å²) in [5, 5.41) is 3.30. The van der Waals surface area contributed by atoms with Gasteiger partial charge < -0.3 is 10.2 Å². The molecule has 16 heavy (non-hydrogen) atoms. The van der Waals surface area contributed by atoms with Crippen LogP contribution in [0.2, 0.25) is 0 Å². The van der Waals surface area contributed by atoms with Gasteiger partial charge in [0.05, 0.1) is 6.54 Å². The molecule has 0 spiro atoms. The molecule has 0 atom stereocenters. The third kappa shape index (κ3) is 3.25. The van der Waals surface area contributed by atoms with E-state index in [0.717, 1.165) is 24.5 Å². The second kappa shape index (κ2) is 6.14. The van der Waals surface area contributed by atoms with Crippen molar-refractivity contribution in [2.45, 2.75) is 20.4 Å². The summed E-state index contributed by atoms with van der Waals surface area (Å²) >= 11 is 0. The first kappa shape index (κ1) is 12.5. The van der Waals surface area contributed by atoms with Crippen LogP contribution in [0.4, 0.5) is 5.69 Å². The van der Waals surface area contributed by atoms with Crippen LogP contribution in [-0.2, 0) is 6.54 Å². The van der Waals surface area contributed by atoms with Gasteiger partial charge in [0.1, 0.15) is 0 Å². The van der Waals surface area contributed by atoms with Crippen molar-refractivity contribution in [1.29, 1.82) is 0 Å². The van der Waals surface area contributed by atoms with Crippen LogP contribution in [-0.4, -0.2) is 25.1 Å². The van der Waals surface area contributed by atoms with Gasteiger partial charge in [0.2, 0.25) is 0 Å². The van der Waals surface area contributed by atoms with Crippen molar-refractivity contribution in [2.24, 2.45) is 0 Å². The van der Waals surface area contributed by atoms with Gasteiger partial charge in [-0.25, -0.2) is 0 Å². The zero-order valence-corrected chi connectivity index (χ0v) is 10.2. The van der Waals surface area contributed by atoms with Crippen LogP contribution < -0.4 is 10.2 Å². The lowest BCUT2D eigenvalue weighted by molar-refractivity contribution is 0.722. The largest absolute Gasteiger partial charge is 0.363 e. The first-order valence-corrected chi connectivity index (χ1v) is 5.49. The molecule has 86 valence electrons. The predicted octanol–water partition coefficient (Wildman–Crippen LogP) is 1.57. The Morgan fingerprint density at radius 3 is 2.94 bits per heavy atom. The van der Waals surface area contributed by atoms with Gasteiger partial charge in [0, 0.05) is 36.7 Å². The average molecular weight is 217 g/mol. The fourth-order valence-electron chi connectivity index (χ4n) is 1.55. The molecule has 0 saturated heterocycles. The van der Waals surface area contributed by atoms with Crippen molar-refractivity contribution in [3.63, 3.8) is 0 Å². The van der Waals surface area contributed by atoms with Crippen LogP contribution in [0.25, 0.3) is 0 Å². The minimum absolute atomic E-state index is 0.614. The maximum Gasteiger partial charge on any atom is 0.0788 e. The van der Waals surface area contributed by atoms with E-state index in [0.29, 0.717) is 6.54 Å². The lowest BCUT2D eigenvalue weighted by Crippen LogP contribution is -2.21. The Balaban J connectivity index is 2.94. The van der Waals surface area contributed by atoms with E-state index in [1.165, 1.54) is 5.56 Å². The van der Waals surface area contributed by atoms with Gasteiger partial charge >= 0.3 is 0 Å². The number of anilines is 1. The van der Waals surface area contributed by atoms with E-state index in [2.05, 4.69) is 34.1 Å². The number of pyridine rings is 1. The van der Waals surface area contributed by atoms with Gasteiger partial charge in [-0.1, -0.05) is 12.8 Å². The summed E-state index contributed by atoms with van der Waals surface area (Å²) in [6.07, 6.45) is 7.25. The van der Waals surface area contributed by atoms with E-state index in [1.54, 1.807) is 0 Å². The third-order valence-electron chi connectivity index (χ3n) is 2.40. The summed E-state index contributed by atoms with van der Waals surface area (Å²) in [5.41, 5.74) is 3.36. The SMILES string of the molecule is C#CCN(C)c1cc(C)ncc1CNCC. The second-order valence-corrected chi connectivity index (χ2v) is 3.79. The fraction of sp³-hybridized carbons (Fsp3) is 0.462. The Kier molecular flexibility index (Phi) is 4.81. The van der Waals surface area contributed by atoms with Crippen molar-refractivity contribution < 1.29 is 0 Å². The zero-order chi connectivity index (χ0) is 12.0. The molecular formula is C13H19N3. The van der Waals surface area contributed by atoms with Crippen LogP contribution in [0, 0.1) is 19.3 Å². The molecule has 0 radical (unpaired) electrons. The summed E-state index contributed by atoms with van der Waals surface area (Å²) < 4.78 is 0. The van der Waals surface area contributed by atoms with Crippen molar-refractivity contribution >= 4 is 5.69 Å². The second-order valence-electron chi connectivity index (χ2n) is 3.79. The van der Waals surface area contributed by atoms with Crippen LogP contribution in [0.1, 0.15) is 18.2 Å². The highest BCUT2D eigenvalue weighted by atomic mass is 15.1. The molecule has 3 heteroatoms. The Morgan fingerprint density at radius 1 is 1.56 bits per heavy atom. The highest BCUT2D eigenvalue weighted by Crippen LogP contribution is 2.19. The lowest BCUT2D eigenvalue weighted by atomic mass is 10.2. The number of rotatable bonds is 5. The molecular weight excluding hydrogens is 198 g/mol. The summed E-state index contributed by atoms with van der Waals surface area (Å²) in [6, 6.07) is 2.07. The molecule has 0 aromatic carbocycles. The first-order valence-electron chi connectivity index (χ1n) is 5.49. The predicted molar refractivity (Wildman–Crippen MR) is 68.5 cm³/mol. The van der Waals surface area contributed by atoms with E-state index >= 15 is 0 Å². The number of aryl methyl sites for hydroxylation is 1. The Labute approximate surface area is 97.9 Å². The highest BCUT2D eigenvalue weighted by Gasteiger charge is 2.07. The topological polar surface area (TPSA) is 28.2 Å². The van der Waals surface area contributed by atoms with Crippen molar-refractivity contribution in [1.82, 2.24) is 10.3 Å². The van der Waals surface area contributed by atoms with E-state index in [1.807, 2.05) is 20.2 Å². The molecule has 0 saturated carbocycles. The van der Waals surface area contributed by atoms with Gasteiger partial charge in [-0.2, -0.15) is 0 Å². The summed E-state index contributed by atoms with van der Waals surface area (Å²) in [6.45, 7) is 6.47. The lowest BCUT2D eigenvalue weighted by Gasteiger charge is -2.20. The number of terminal acetylenes is 1. The Bertz CT molecular complexity index is 379. The number of nitrogens with zero attached hydrogens (tertiary/aromatic N) is 2. The first-order chi connectivity index (χ1) is 7.69. The molecule has 0 amide bonds. The molecule has 1 rings (SSSR count). The molecule has 1 heterocycles. The minimum Gasteiger partial charge on any atom is -0.363 e. The molecule has 1 aromatic heterocycles. The van der Waals surface area contributed by atoms with Gasteiger partial charge in [-0.3, -0.25) is 4.98 Å². The van der Waals surface area contributed by atoms with E-state index in [9.17, 15) is 0 Å². The average Bonchev–Trinajstić information content (AvgIpc) is 2.27. The highest BCUT2D eigenvalue weighted by molar-refractivity contribution is 5.53. The fourth-order valence-corrected chi connectivity index (χ4v) is 1.55. The number of nitrogens with one attached hydrogen (secondary N) is 1. The standard InChI is InChI=1S/C13H19N3/c1-5-7-16(4)13-8-11(3)15-10-12(13)9-14-6-2/h1,8,10,14H,6-7,9H2,2-4H3. The summed E-state index contributed by atoms with van der Waals surface area (Å²) in [5.74, 6) is 2.65. The zero-order valence-electron chi connectivity index (χ0n) is 10.2. The summed E-state index contributed by atoms with van der Waals surface area (Å²) in [4.78, 5) is 6.39. The molecule has 0 fully saturated rings. The molecule has 0 aliphatic heterocycles. The van der Waals surface area contributed by atoms with E-state index < -0.39 is 0 Å². The van der Waals surface area contributed by atoms with Crippen LogP contribution >= 0.6 is 0 Å². The maximum absolute atomic E-state index is 5.33. The third-order valence-corrected chi connectivity index (χ3v) is 2.40. The van der Waals surface area contributed by atoms with Gasteiger partial charge in [0.15, 0.2) is 0 Å². The van der Waals surface area contributed by atoms with Crippen molar-refractivity contribution in [2.75, 3.05) is 25.0 Å². The van der Waals surface area contributed by atoms with Crippen LogP contribution in [0.15, 0.2) is 12.3 Å². The monoisotopic (exact) mass is 217 g/mol. The number of hydrogen-bond acceptors (Lipinski definition) is 3. The molecule has 1 aromatic rings. The molecule has 0 aliphatic rings. The summed E-state index contributed by atoms with van der Waals surface area (Å²) in [7, 11) is 2.00. The van der Waals surface area contributed by atoms with Crippen molar-refractivity contribution in [3.05, 3.63) is 23.5 Å². The van der Waals surface area contributed by atoms with Gasteiger partial charge in [0.25, 0.3) is 0 Å². The number of hydrogen-bond donors (Lipinski definition) is 1. The van der Waals surface area contributed by atoms with Gasteiger partial charge in [-0.15, -0.1) is 6.42 Å². The van der Waals surface area contributed by atoms with E-state index in [4.69, 9.17) is 6.42 Å². The quantitative estimate of drug-likeness (QED) is 0.759. The Hall–Kier alpha value is -1.53. The minimum atomic E-state index is 0.614. The van der Waals surface area contributed by atoms with Gasteiger partial charge in [-0.05, 0) is 19.5 Å². The smallest absolute Gasteiger partial charge is 0.0788 e. The molecule has 0 aliphatic carbocycles.